The Kier molecular flexibility index (Phi) is 3.72. The third kappa shape index (κ3) is 2.49. The SMILES string of the molecule is Cc1ccccc1-c1nc2c3c(C)c(C)n(Cc4ccncc4)c3ncn2n1. The molecule has 5 rings (SSSR count). The summed E-state index contributed by atoms with van der Waals surface area (Å²) in [5.41, 5.74) is 7.55. The highest BCUT2D eigenvalue weighted by atomic mass is 15.3. The normalized spacial score (nSPS) is 11.5. The molecule has 0 saturated carbocycles. The Bertz CT molecular complexity index is 1310. The van der Waals surface area contributed by atoms with Crippen molar-refractivity contribution < 1.29 is 0 Å². The molecule has 0 atom stereocenters. The summed E-state index contributed by atoms with van der Waals surface area (Å²) in [6.45, 7) is 7.09. The van der Waals surface area contributed by atoms with Gasteiger partial charge in [-0.1, -0.05) is 24.3 Å². The number of aromatic nitrogens is 6. The zero-order chi connectivity index (χ0) is 19.3. The van der Waals surface area contributed by atoms with E-state index in [1.807, 2.05) is 36.7 Å². The molecule has 0 saturated heterocycles. The minimum atomic E-state index is 0.728. The van der Waals surface area contributed by atoms with Crippen LogP contribution in [0.25, 0.3) is 28.1 Å². The van der Waals surface area contributed by atoms with Gasteiger partial charge in [-0.2, -0.15) is 0 Å². The third-order valence-corrected chi connectivity index (χ3v) is 5.42. The second kappa shape index (κ2) is 6.27. The molecule has 0 unspecified atom stereocenters. The third-order valence-electron chi connectivity index (χ3n) is 5.42. The second-order valence-corrected chi connectivity index (χ2v) is 7.11. The maximum Gasteiger partial charge on any atom is 0.182 e. The van der Waals surface area contributed by atoms with Crippen LogP contribution in [0.3, 0.4) is 0 Å². The quantitative estimate of drug-likeness (QED) is 0.481. The van der Waals surface area contributed by atoms with Crippen molar-refractivity contribution in [3.05, 3.63) is 77.5 Å². The molecule has 0 aliphatic heterocycles. The van der Waals surface area contributed by atoms with Crippen molar-refractivity contribution in [2.45, 2.75) is 27.3 Å². The van der Waals surface area contributed by atoms with Crippen LogP contribution in [-0.4, -0.2) is 29.1 Å². The molecule has 0 spiro atoms. The summed E-state index contributed by atoms with van der Waals surface area (Å²) in [6.07, 6.45) is 5.40. The van der Waals surface area contributed by atoms with Gasteiger partial charge in [0.05, 0.1) is 5.39 Å². The summed E-state index contributed by atoms with van der Waals surface area (Å²) in [5, 5.41) is 5.74. The van der Waals surface area contributed by atoms with E-state index in [-0.39, 0.29) is 0 Å². The smallest absolute Gasteiger partial charge is 0.182 e. The highest BCUT2D eigenvalue weighted by Crippen LogP contribution is 2.29. The van der Waals surface area contributed by atoms with E-state index in [1.165, 1.54) is 16.8 Å². The number of aryl methyl sites for hydroxylation is 2. The van der Waals surface area contributed by atoms with Gasteiger partial charge in [0.25, 0.3) is 0 Å². The Morgan fingerprint density at radius 1 is 0.929 bits per heavy atom. The minimum Gasteiger partial charge on any atom is -0.325 e. The molecule has 0 radical (unpaired) electrons. The molecule has 0 fully saturated rings. The van der Waals surface area contributed by atoms with Gasteiger partial charge < -0.3 is 4.57 Å². The highest BCUT2D eigenvalue weighted by Gasteiger charge is 2.19. The lowest BCUT2D eigenvalue weighted by atomic mass is 10.1. The van der Waals surface area contributed by atoms with Crippen LogP contribution in [0.1, 0.15) is 22.4 Å². The number of benzene rings is 1. The van der Waals surface area contributed by atoms with Gasteiger partial charge in [-0.3, -0.25) is 4.98 Å². The molecule has 4 heterocycles. The number of fused-ring (bicyclic) bond motifs is 3. The standard InChI is InChI=1S/C22H20N6/c1-14-6-4-5-7-18(14)20-25-22-19-15(2)16(3)27(12-17-8-10-23-11-9-17)21(19)24-13-28(22)26-20/h4-11,13H,12H2,1-3H3. The molecule has 5 aromatic rings. The second-order valence-electron chi connectivity index (χ2n) is 7.11. The minimum absolute atomic E-state index is 0.728. The molecule has 4 aromatic heterocycles. The first-order valence-electron chi connectivity index (χ1n) is 9.29. The van der Waals surface area contributed by atoms with Crippen molar-refractivity contribution >= 4 is 16.7 Å². The van der Waals surface area contributed by atoms with Gasteiger partial charge in [-0.25, -0.2) is 14.5 Å². The molecule has 0 aliphatic rings. The van der Waals surface area contributed by atoms with Crippen LogP contribution in [0.15, 0.2) is 55.1 Å². The molecule has 1 aromatic carbocycles. The van der Waals surface area contributed by atoms with Crippen molar-refractivity contribution in [1.29, 1.82) is 0 Å². The van der Waals surface area contributed by atoms with Crippen LogP contribution in [0.4, 0.5) is 0 Å². The topological polar surface area (TPSA) is 60.9 Å². The zero-order valence-electron chi connectivity index (χ0n) is 16.1. The van der Waals surface area contributed by atoms with E-state index in [1.54, 1.807) is 10.8 Å². The number of nitrogens with zero attached hydrogens (tertiary/aromatic N) is 6. The lowest BCUT2D eigenvalue weighted by Crippen LogP contribution is -2.03. The fourth-order valence-electron chi connectivity index (χ4n) is 3.73. The maximum atomic E-state index is 4.88. The molecule has 28 heavy (non-hydrogen) atoms. The van der Waals surface area contributed by atoms with E-state index in [2.05, 4.69) is 47.6 Å². The van der Waals surface area contributed by atoms with E-state index in [4.69, 9.17) is 9.97 Å². The molecule has 6 heteroatoms. The summed E-state index contributed by atoms with van der Waals surface area (Å²) in [7, 11) is 0. The monoisotopic (exact) mass is 368 g/mol. The summed E-state index contributed by atoms with van der Waals surface area (Å²) in [5.74, 6) is 0.728. The Morgan fingerprint density at radius 3 is 2.50 bits per heavy atom. The summed E-state index contributed by atoms with van der Waals surface area (Å²) >= 11 is 0. The molecule has 0 bridgehead atoms. The number of pyridine rings is 1. The van der Waals surface area contributed by atoms with Crippen LogP contribution in [-0.2, 0) is 6.54 Å². The van der Waals surface area contributed by atoms with Crippen molar-refractivity contribution in [2.75, 3.05) is 0 Å². The Morgan fingerprint density at radius 2 is 1.71 bits per heavy atom. The summed E-state index contributed by atoms with van der Waals surface area (Å²) in [4.78, 5) is 13.7. The first-order chi connectivity index (χ1) is 13.6. The molecule has 0 amide bonds. The molecule has 0 aliphatic carbocycles. The van der Waals surface area contributed by atoms with Gasteiger partial charge in [0.1, 0.15) is 12.0 Å². The average molecular weight is 368 g/mol. The van der Waals surface area contributed by atoms with Crippen molar-refractivity contribution in [1.82, 2.24) is 29.1 Å². The molecular formula is C22H20N6. The summed E-state index contributed by atoms with van der Waals surface area (Å²) in [6, 6.07) is 12.2. The highest BCUT2D eigenvalue weighted by molar-refractivity contribution is 5.94. The van der Waals surface area contributed by atoms with Gasteiger partial charge in [0.15, 0.2) is 11.5 Å². The van der Waals surface area contributed by atoms with Gasteiger partial charge in [0, 0.05) is 30.2 Å². The van der Waals surface area contributed by atoms with Crippen LogP contribution >= 0.6 is 0 Å². The lowest BCUT2D eigenvalue weighted by molar-refractivity contribution is 0.786. The summed E-state index contributed by atoms with van der Waals surface area (Å²) < 4.78 is 4.02. The Hall–Kier alpha value is -3.54. The van der Waals surface area contributed by atoms with Crippen LogP contribution in [0.2, 0.25) is 0 Å². The predicted molar refractivity (Wildman–Crippen MR) is 109 cm³/mol. The predicted octanol–water partition coefficient (Wildman–Crippen LogP) is 4.11. The van der Waals surface area contributed by atoms with Gasteiger partial charge >= 0.3 is 0 Å². The van der Waals surface area contributed by atoms with E-state index < -0.39 is 0 Å². The van der Waals surface area contributed by atoms with Gasteiger partial charge in [-0.15, -0.1) is 5.10 Å². The zero-order valence-corrected chi connectivity index (χ0v) is 16.1. The number of hydrogen-bond acceptors (Lipinski definition) is 4. The van der Waals surface area contributed by atoms with Gasteiger partial charge in [-0.05, 0) is 49.6 Å². The fourth-order valence-corrected chi connectivity index (χ4v) is 3.73. The molecule has 138 valence electrons. The first-order valence-corrected chi connectivity index (χ1v) is 9.29. The largest absolute Gasteiger partial charge is 0.325 e. The maximum absolute atomic E-state index is 4.88. The van der Waals surface area contributed by atoms with Crippen molar-refractivity contribution in [2.24, 2.45) is 0 Å². The first kappa shape index (κ1) is 16.6. The van der Waals surface area contributed by atoms with E-state index in [9.17, 15) is 0 Å². The van der Waals surface area contributed by atoms with Crippen molar-refractivity contribution in [3.8, 4) is 11.4 Å². The van der Waals surface area contributed by atoms with Crippen molar-refractivity contribution in [3.63, 3.8) is 0 Å². The lowest BCUT2D eigenvalue weighted by Gasteiger charge is -2.07. The van der Waals surface area contributed by atoms with E-state index in [0.717, 1.165) is 40.2 Å². The van der Waals surface area contributed by atoms with Crippen LogP contribution < -0.4 is 0 Å². The van der Waals surface area contributed by atoms with E-state index in [0.29, 0.717) is 0 Å². The molecule has 6 nitrogen and oxygen atoms in total. The van der Waals surface area contributed by atoms with Crippen LogP contribution in [0, 0.1) is 20.8 Å². The van der Waals surface area contributed by atoms with Gasteiger partial charge in [0.2, 0.25) is 0 Å². The molecule has 0 N–H and O–H groups in total. The number of hydrogen-bond donors (Lipinski definition) is 0. The fraction of sp³-hybridized carbons (Fsp3) is 0.182. The number of rotatable bonds is 3. The average Bonchev–Trinajstić information content (AvgIpc) is 3.24. The van der Waals surface area contributed by atoms with Crippen LogP contribution in [0.5, 0.6) is 0 Å². The Labute approximate surface area is 162 Å². The molecular weight excluding hydrogens is 348 g/mol. The Balaban J connectivity index is 1.72. The van der Waals surface area contributed by atoms with E-state index >= 15 is 0 Å².